The van der Waals surface area contributed by atoms with Gasteiger partial charge in [-0.15, -0.1) is 0 Å². The number of nitrogens with zero attached hydrogens (tertiary/aromatic N) is 1. The van der Waals surface area contributed by atoms with Gasteiger partial charge in [-0.25, -0.2) is 0 Å². The molecule has 0 N–H and O–H groups in total. The summed E-state index contributed by atoms with van der Waals surface area (Å²) < 4.78 is 5.31. The van der Waals surface area contributed by atoms with Crippen molar-refractivity contribution in [3.8, 4) is 11.8 Å². The fraction of sp³-hybridized carbons (Fsp3) is 0.429. The second-order valence-electron chi connectivity index (χ2n) is 4.16. The van der Waals surface area contributed by atoms with E-state index in [2.05, 4.69) is 6.07 Å². The van der Waals surface area contributed by atoms with Crippen LogP contribution < -0.4 is 4.74 Å². The van der Waals surface area contributed by atoms with Crippen molar-refractivity contribution in [3.05, 3.63) is 29.3 Å². The number of rotatable bonds is 4. The van der Waals surface area contributed by atoms with E-state index >= 15 is 0 Å². The Kier molecular flexibility index (Phi) is 4.71. The first-order chi connectivity index (χ1) is 8.10. The summed E-state index contributed by atoms with van der Waals surface area (Å²) in [6, 6.07) is 7.66. The fourth-order valence-electron chi connectivity index (χ4n) is 1.54. The summed E-state index contributed by atoms with van der Waals surface area (Å²) in [5.74, 6) is 0.0808. The van der Waals surface area contributed by atoms with Gasteiger partial charge in [0, 0.05) is 5.56 Å². The molecule has 0 amide bonds. The third kappa shape index (κ3) is 3.32. The maximum absolute atomic E-state index is 11.6. The van der Waals surface area contributed by atoms with Crippen molar-refractivity contribution < 1.29 is 9.53 Å². The fourth-order valence-corrected chi connectivity index (χ4v) is 1.54. The molecule has 0 aromatic heterocycles. The highest BCUT2D eigenvalue weighted by Crippen LogP contribution is 2.24. The molecule has 0 aliphatic carbocycles. The Morgan fingerprint density at radius 1 is 1.47 bits per heavy atom. The predicted octanol–water partition coefficient (Wildman–Crippen LogP) is 2.88. The first kappa shape index (κ1) is 13.2. The number of hydrogen-bond acceptors (Lipinski definition) is 3. The van der Waals surface area contributed by atoms with E-state index in [0.717, 1.165) is 17.5 Å². The van der Waals surface area contributed by atoms with Crippen LogP contribution in [-0.2, 0) is 17.6 Å². The third-order valence-electron chi connectivity index (χ3n) is 2.55. The summed E-state index contributed by atoms with van der Waals surface area (Å²) in [4.78, 5) is 11.6. The van der Waals surface area contributed by atoms with Crippen molar-refractivity contribution in [3.63, 3.8) is 0 Å². The smallest absolute Gasteiger partial charge is 0.313 e. The van der Waals surface area contributed by atoms with Crippen molar-refractivity contribution >= 4 is 5.97 Å². The lowest BCUT2D eigenvalue weighted by Gasteiger charge is -2.12. The third-order valence-corrected chi connectivity index (χ3v) is 2.55. The van der Waals surface area contributed by atoms with Crippen molar-refractivity contribution in [2.45, 2.75) is 33.6 Å². The summed E-state index contributed by atoms with van der Waals surface area (Å²) in [6.45, 7) is 5.59. The maximum atomic E-state index is 11.6. The molecule has 0 heterocycles. The maximum Gasteiger partial charge on any atom is 0.313 e. The summed E-state index contributed by atoms with van der Waals surface area (Å²) in [5.41, 5.74) is 1.88. The predicted molar refractivity (Wildman–Crippen MR) is 65.6 cm³/mol. The minimum atomic E-state index is -0.266. The summed E-state index contributed by atoms with van der Waals surface area (Å²) in [5, 5.41) is 8.82. The number of aryl methyl sites for hydroxylation is 1. The number of nitriles is 1. The van der Waals surface area contributed by atoms with Crippen LogP contribution >= 0.6 is 0 Å². The summed E-state index contributed by atoms with van der Waals surface area (Å²) >= 11 is 0. The Hall–Kier alpha value is -1.82. The minimum absolute atomic E-state index is 0.171. The van der Waals surface area contributed by atoms with Crippen molar-refractivity contribution in [1.29, 1.82) is 5.26 Å². The molecule has 0 aliphatic rings. The SMILES string of the molecule is CCc1cccc(OC(=O)C(C)C)c1CC#N. The van der Waals surface area contributed by atoms with Crippen LogP contribution in [0.25, 0.3) is 0 Å². The minimum Gasteiger partial charge on any atom is -0.426 e. The van der Waals surface area contributed by atoms with Gasteiger partial charge in [-0.3, -0.25) is 4.79 Å². The Balaban J connectivity index is 3.06. The van der Waals surface area contributed by atoms with Crippen molar-refractivity contribution in [2.75, 3.05) is 0 Å². The molecule has 1 aromatic rings. The van der Waals surface area contributed by atoms with Gasteiger partial charge in [-0.05, 0) is 18.1 Å². The number of carbonyl (C=O) groups is 1. The van der Waals surface area contributed by atoms with Crippen molar-refractivity contribution in [2.24, 2.45) is 5.92 Å². The van der Waals surface area contributed by atoms with Crippen LogP contribution in [0.5, 0.6) is 5.75 Å². The highest BCUT2D eigenvalue weighted by Gasteiger charge is 2.14. The molecule has 17 heavy (non-hydrogen) atoms. The molecule has 0 spiro atoms. The van der Waals surface area contributed by atoms with Crippen molar-refractivity contribution in [1.82, 2.24) is 0 Å². The van der Waals surface area contributed by atoms with E-state index in [4.69, 9.17) is 10.00 Å². The molecule has 0 fully saturated rings. The average molecular weight is 231 g/mol. The first-order valence-corrected chi connectivity index (χ1v) is 5.79. The van der Waals surface area contributed by atoms with Crippen LogP contribution in [0.2, 0.25) is 0 Å². The lowest BCUT2D eigenvalue weighted by atomic mass is 10.0. The zero-order valence-corrected chi connectivity index (χ0v) is 10.5. The van der Waals surface area contributed by atoms with E-state index in [1.54, 1.807) is 19.9 Å². The van der Waals surface area contributed by atoms with Gasteiger partial charge in [0.1, 0.15) is 5.75 Å². The van der Waals surface area contributed by atoms with Gasteiger partial charge >= 0.3 is 5.97 Å². The molecule has 0 bridgehead atoms. The molecule has 0 unspecified atom stereocenters. The van der Waals surface area contributed by atoms with E-state index in [-0.39, 0.29) is 18.3 Å². The standard InChI is InChI=1S/C14H17NO2/c1-4-11-6-5-7-13(12(11)8-9-15)17-14(16)10(2)3/h5-7,10H,4,8H2,1-3H3. The monoisotopic (exact) mass is 231 g/mol. The topological polar surface area (TPSA) is 50.1 Å². The Bertz CT molecular complexity index is 444. The van der Waals surface area contributed by atoms with Gasteiger partial charge in [0.25, 0.3) is 0 Å². The van der Waals surface area contributed by atoms with Crippen LogP contribution in [0, 0.1) is 17.2 Å². The van der Waals surface area contributed by atoms with Gasteiger partial charge in [-0.2, -0.15) is 5.26 Å². The van der Waals surface area contributed by atoms with Gasteiger partial charge in [0.15, 0.2) is 0 Å². The Labute approximate surface area is 102 Å². The molecule has 0 saturated carbocycles. The van der Waals surface area contributed by atoms with Crippen LogP contribution in [0.3, 0.4) is 0 Å². The molecule has 0 aliphatic heterocycles. The normalized spacial score (nSPS) is 10.1. The molecule has 1 rings (SSSR count). The van der Waals surface area contributed by atoms with E-state index in [9.17, 15) is 4.79 Å². The molecule has 1 aromatic carbocycles. The lowest BCUT2D eigenvalue weighted by Crippen LogP contribution is -2.16. The molecule has 3 nitrogen and oxygen atoms in total. The van der Waals surface area contributed by atoms with E-state index in [1.807, 2.05) is 19.1 Å². The molecule has 0 radical (unpaired) electrons. The van der Waals surface area contributed by atoms with Crippen LogP contribution in [0.15, 0.2) is 18.2 Å². The molecule has 90 valence electrons. The number of hydrogen-bond donors (Lipinski definition) is 0. The highest BCUT2D eigenvalue weighted by atomic mass is 16.5. The molecular formula is C14H17NO2. The second kappa shape index (κ2) is 6.05. The van der Waals surface area contributed by atoms with Gasteiger partial charge < -0.3 is 4.74 Å². The quantitative estimate of drug-likeness (QED) is 0.591. The number of ether oxygens (including phenoxy) is 1. The average Bonchev–Trinajstić information content (AvgIpc) is 2.31. The lowest BCUT2D eigenvalue weighted by molar-refractivity contribution is -0.137. The van der Waals surface area contributed by atoms with Gasteiger partial charge in [0.2, 0.25) is 0 Å². The van der Waals surface area contributed by atoms with Gasteiger partial charge in [-0.1, -0.05) is 32.9 Å². The highest BCUT2D eigenvalue weighted by molar-refractivity contribution is 5.74. The zero-order chi connectivity index (χ0) is 12.8. The Morgan fingerprint density at radius 2 is 2.18 bits per heavy atom. The molecule has 0 saturated heterocycles. The second-order valence-corrected chi connectivity index (χ2v) is 4.16. The molecular weight excluding hydrogens is 214 g/mol. The number of esters is 1. The molecule has 0 atom stereocenters. The first-order valence-electron chi connectivity index (χ1n) is 5.79. The largest absolute Gasteiger partial charge is 0.426 e. The summed E-state index contributed by atoms with van der Waals surface area (Å²) in [6.07, 6.45) is 1.09. The van der Waals surface area contributed by atoms with E-state index in [1.165, 1.54) is 0 Å². The zero-order valence-electron chi connectivity index (χ0n) is 10.5. The van der Waals surface area contributed by atoms with E-state index < -0.39 is 0 Å². The van der Waals surface area contributed by atoms with Crippen LogP contribution in [0.4, 0.5) is 0 Å². The number of benzene rings is 1. The molecule has 3 heteroatoms. The van der Waals surface area contributed by atoms with E-state index in [0.29, 0.717) is 5.75 Å². The van der Waals surface area contributed by atoms with Crippen LogP contribution in [0.1, 0.15) is 31.9 Å². The Morgan fingerprint density at radius 3 is 2.71 bits per heavy atom. The van der Waals surface area contributed by atoms with Crippen LogP contribution in [-0.4, -0.2) is 5.97 Å². The summed E-state index contributed by atoms with van der Waals surface area (Å²) in [7, 11) is 0. The number of carbonyl (C=O) groups excluding carboxylic acids is 1. The van der Waals surface area contributed by atoms with Gasteiger partial charge in [0.05, 0.1) is 18.4 Å².